The molecule has 1 amide bonds. The van der Waals surface area contributed by atoms with Crippen LogP contribution < -0.4 is 5.32 Å². The number of fused-ring (bicyclic) bond motifs is 3. The Hall–Kier alpha value is -2.14. The van der Waals surface area contributed by atoms with Crippen LogP contribution in [-0.4, -0.2) is 21.6 Å². The first-order chi connectivity index (χ1) is 13.0. The first-order valence-electron chi connectivity index (χ1n) is 8.46. The lowest BCUT2D eigenvalue weighted by Gasteiger charge is -2.08. The number of benzene rings is 1. The lowest BCUT2D eigenvalue weighted by Crippen LogP contribution is -2.15. The third kappa shape index (κ3) is 3.65. The Bertz CT molecular complexity index is 1100. The van der Waals surface area contributed by atoms with Gasteiger partial charge in [-0.3, -0.25) is 4.79 Å². The summed E-state index contributed by atoms with van der Waals surface area (Å²) in [5.74, 6) is 0.718. The van der Waals surface area contributed by atoms with Gasteiger partial charge in [0.1, 0.15) is 21.7 Å². The summed E-state index contributed by atoms with van der Waals surface area (Å²) in [6, 6.07) is 6.87. The largest absolute Gasteiger partial charge is 0.324 e. The highest BCUT2D eigenvalue weighted by Crippen LogP contribution is 2.40. The fraction of sp³-hybridized carbons (Fsp3) is 0.263. The average molecular weight is 415 g/mol. The van der Waals surface area contributed by atoms with E-state index in [1.165, 1.54) is 28.6 Å². The number of aromatic nitrogens is 2. The zero-order valence-electron chi connectivity index (χ0n) is 14.5. The fourth-order valence-corrected chi connectivity index (χ4v) is 5.65. The summed E-state index contributed by atoms with van der Waals surface area (Å²) < 4.78 is 0. The molecule has 136 valence electrons. The molecule has 0 unspecified atom stereocenters. The molecule has 1 N–H and O–H groups in total. The van der Waals surface area contributed by atoms with E-state index in [0.717, 1.165) is 28.1 Å². The van der Waals surface area contributed by atoms with Crippen LogP contribution in [0.15, 0.2) is 23.2 Å². The summed E-state index contributed by atoms with van der Waals surface area (Å²) in [7, 11) is 0. The normalized spacial score (nSPS) is 12.8. The molecule has 1 aliphatic carbocycles. The number of aryl methyl sites for hydroxylation is 3. The van der Waals surface area contributed by atoms with Crippen molar-refractivity contribution in [3.63, 3.8) is 0 Å². The molecule has 5 nitrogen and oxygen atoms in total. The second-order valence-corrected chi connectivity index (χ2v) is 8.74. The number of hydrogen-bond acceptors (Lipinski definition) is 6. The number of carbonyl (C=O) groups excluding carboxylic acids is 1. The number of rotatable bonds is 4. The quantitative estimate of drug-likeness (QED) is 0.492. The number of carbonyl (C=O) groups is 1. The van der Waals surface area contributed by atoms with Crippen molar-refractivity contribution in [3.05, 3.63) is 45.1 Å². The lowest BCUT2D eigenvalue weighted by molar-refractivity contribution is -0.113. The van der Waals surface area contributed by atoms with Crippen LogP contribution in [0.5, 0.6) is 0 Å². The van der Waals surface area contributed by atoms with Gasteiger partial charge in [0.05, 0.1) is 17.0 Å². The van der Waals surface area contributed by atoms with Gasteiger partial charge in [0.25, 0.3) is 0 Å². The molecule has 1 aliphatic rings. The Kier molecular flexibility index (Phi) is 5.04. The summed E-state index contributed by atoms with van der Waals surface area (Å²) in [4.78, 5) is 24.0. The minimum Gasteiger partial charge on any atom is -0.324 e. The fourth-order valence-electron chi connectivity index (χ4n) is 3.21. The number of anilines is 1. The maximum Gasteiger partial charge on any atom is 0.234 e. The third-order valence-electron chi connectivity index (χ3n) is 4.36. The number of halogens is 1. The van der Waals surface area contributed by atoms with E-state index in [-0.39, 0.29) is 11.7 Å². The van der Waals surface area contributed by atoms with E-state index >= 15 is 0 Å². The summed E-state index contributed by atoms with van der Waals surface area (Å²) in [5, 5.41) is 14.4. The molecule has 0 atom stereocenters. The molecule has 27 heavy (non-hydrogen) atoms. The molecule has 4 rings (SSSR count). The Morgan fingerprint density at radius 2 is 2.26 bits per heavy atom. The highest BCUT2D eigenvalue weighted by Gasteiger charge is 2.22. The SMILES string of the molecule is Cc1nc(SCC(=O)Nc2cc(Cl)ccc2C#N)c2c3c(sc2n1)CCC3. The van der Waals surface area contributed by atoms with Gasteiger partial charge >= 0.3 is 0 Å². The monoisotopic (exact) mass is 414 g/mol. The average Bonchev–Trinajstić information content (AvgIpc) is 3.20. The highest BCUT2D eigenvalue weighted by atomic mass is 35.5. The number of nitrogens with one attached hydrogen (secondary N) is 1. The number of nitrogens with zero attached hydrogens (tertiary/aromatic N) is 3. The van der Waals surface area contributed by atoms with Crippen LogP contribution in [0.3, 0.4) is 0 Å². The van der Waals surface area contributed by atoms with Gasteiger partial charge in [-0.05, 0) is 49.9 Å². The summed E-state index contributed by atoms with van der Waals surface area (Å²) >= 11 is 9.12. The Balaban J connectivity index is 1.55. The van der Waals surface area contributed by atoms with Gasteiger partial charge in [0.15, 0.2) is 0 Å². The van der Waals surface area contributed by atoms with Crippen molar-refractivity contribution in [1.29, 1.82) is 5.26 Å². The van der Waals surface area contributed by atoms with Gasteiger partial charge in [0, 0.05) is 15.3 Å². The van der Waals surface area contributed by atoms with Crippen LogP contribution >= 0.6 is 34.7 Å². The van der Waals surface area contributed by atoms with E-state index < -0.39 is 0 Å². The first-order valence-corrected chi connectivity index (χ1v) is 10.6. The molecular weight excluding hydrogens is 400 g/mol. The van der Waals surface area contributed by atoms with E-state index in [1.807, 2.05) is 6.92 Å². The molecule has 2 heterocycles. The molecule has 3 aromatic rings. The van der Waals surface area contributed by atoms with Gasteiger partial charge in [0.2, 0.25) is 5.91 Å². The Labute approximate surface area is 169 Å². The van der Waals surface area contributed by atoms with Gasteiger partial charge in [-0.25, -0.2) is 9.97 Å². The topological polar surface area (TPSA) is 78.7 Å². The predicted molar refractivity (Wildman–Crippen MR) is 110 cm³/mol. The third-order valence-corrected chi connectivity index (χ3v) is 6.76. The van der Waals surface area contributed by atoms with Crippen LogP contribution in [0.4, 0.5) is 5.69 Å². The van der Waals surface area contributed by atoms with Gasteiger partial charge in [-0.1, -0.05) is 23.4 Å². The molecule has 1 aromatic carbocycles. The molecule has 0 radical (unpaired) electrons. The van der Waals surface area contributed by atoms with Crippen LogP contribution in [-0.2, 0) is 17.6 Å². The number of amides is 1. The zero-order valence-corrected chi connectivity index (χ0v) is 16.9. The second-order valence-electron chi connectivity index (χ2n) is 6.25. The molecule has 0 spiro atoms. The number of thioether (sulfide) groups is 1. The summed E-state index contributed by atoms with van der Waals surface area (Å²) in [6.07, 6.45) is 3.32. The van der Waals surface area contributed by atoms with Gasteiger partial charge in [-0.15, -0.1) is 11.3 Å². The molecule has 0 saturated heterocycles. The zero-order chi connectivity index (χ0) is 19.0. The number of thiophene rings is 1. The smallest absolute Gasteiger partial charge is 0.234 e. The molecule has 0 aliphatic heterocycles. The van der Waals surface area contributed by atoms with E-state index in [0.29, 0.717) is 22.1 Å². The van der Waals surface area contributed by atoms with E-state index in [4.69, 9.17) is 11.6 Å². The van der Waals surface area contributed by atoms with E-state index in [2.05, 4.69) is 21.4 Å². The highest BCUT2D eigenvalue weighted by molar-refractivity contribution is 8.00. The van der Waals surface area contributed by atoms with Gasteiger partial charge in [-0.2, -0.15) is 5.26 Å². The van der Waals surface area contributed by atoms with Gasteiger partial charge < -0.3 is 5.32 Å². The maximum atomic E-state index is 12.4. The minimum atomic E-state index is -0.199. The van der Waals surface area contributed by atoms with Crippen molar-refractivity contribution in [2.24, 2.45) is 0 Å². The van der Waals surface area contributed by atoms with Crippen molar-refractivity contribution in [3.8, 4) is 6.07 Å². The van der Waals surface area contributed by atoms with Crippen LogP contribution in [0, 0.1) is 18.3 Å². The predicted octanol–water partition coefficient (Wildman–Crippen LogP) is 4.74. The van der Waals surface area contributed by atoms with Crippen molar-refractivity contribution in [1.82, 2.24) is 9.97 Å². The van der Waals surface area contributed by atoms with Crippen LogP contribution in [0.2, 0.25) is 5.02 Å². The number of nitriles is 1. The van der Waals surface area contributed by atoms with Crippen molar-refractivity contribution < 1.29 is 4.79 Å². The molecular formula is C19H15ClN4OS2. The van der Waals surface area contributed by atoms with Crippen LogP contribution in [0.1, 0.15) is 28.2 Å². The molecule has 2 aromatic heterocycles. The second kappa shape index (κ2) is 7.47. The molecule has 0 fully saturated rings. The summed E-state index contributed by atoms with van der Waals surface area (Å²) in [6.45, 7) is 1.87. The summed E-state index contributed by atoms with van der Waals surface area (Å²) in [5.41, 5.74) is 2.16. The van der Waals surface area contributed by atoms with E-state index in [9.17, 15) is 10.1 Å². The minimum absolute atomic E-state index is 0.199. The molecule has 8 heteroatoms. The van der Waals surface area contributed by atoms with Crippen molar-refractivity contribution in [2.45, 2.75) is 31.2 Å². The Morgan fingerprint density at radius 3 is 3.07 bits per heavy atom. The Morgan fingerprint density at radius 1 is 1.41 bits per heavy atom. The van der Waals surface area contributed by atoms with Crippen LogP contribution in [0.25, 0.3) is 10.2 Å². The molecule has 0 saturated carbocycles. The first kappa shape index (κ1) is 18.2. The van der Waals surface area contributed by atoms with E-state index in [1.54, 1.807) is 29.5 Å². The standard InChI is InChI=1S/C19H15ClN4OS2/c1-10-22-18(17-13-3-2-4-15(13)27-19(17)23-10)26-9-16(25)24-14-7-12(20)6-5-11(14)8-21/h5-7H,2-4,9H2,1H3,(H,24,25). The maximum absolute atomic E-state index is 12.4. The van der Waals surface area contributed by atoms with Crippen molar-refractivity contribution in [2.75, 3.05) is 11.1 Å². The molecule has 0 bridgehead atoms. The lowest BCUT2D eigenvalue weighted by atomic mass is 10.2. The number of hydrogen-bond donors (Lipinski definition) is 1. The van der Waals surface area contributed by atoms with Crippen molar-refractivity contribution >= 4 is 56.5 Å².